The fourth-order valence-corrected chi connectivity index (χ4v) is 3.37. The number of nitro benzene ring substituents is 2. The van der Waals surface area contributed by atoms with Crippen LogP contribution in [0.5, 0.6) is 0 Å². The minimum absolute atomic E-state index is 0.297. The highest BCUT2D eigenvalue weighted by molar-refractivity contribution is 7.99. The van der Waals surface area contributed by atoms with Gasteiger partial charge in [-0.25, -0.2) is 0 Å². The SMILES string of the molecule is CC(=NNc1ccc(Sc2ccc([N+](=O)[O-])cc2[N+](=O)[O-])cc1)c1ccccc1. The van der Waals surface area contributed by atoms with Crippen LogP contribution in [0.15, 0.2) is 87.7 Å². The Labute approximate surface area is 170 Å². The van der Waals surface area contributed by atoms with E-state index in [2.05, 4.69) is 10.5 Å². The van der Waals surface area contributed by atoms with Gasteiger partial charge in [-0.3, -0.25) is 25.7 Å². The predicted octanol–water partition coefficient (Wildman–Crippen LogP) is 5.49. The van der Waals surface area contributed by atoms with Crippen LogP contribution < -0.4 is 5.43 Å². The van der Waals surface area contributed by atoms with Gasteiger partial charge in [-0.15, -0.1) is 0 Å². The lowest BCUT2D eigenvalue weighted by Gasteiger charge is -2.06. The molecule has 0 aliphatic heterocycles. The zero-order valence-corrected chi connectivity index (χ0v) is 16.1. The van der Waals surface area contributed by atoms with Crippen LogP contribution in [0.25, 0.3) is 0 Å². The summed E-state index contributed by atoms with van der Waals surface area (Å²) in [7, 11) is 0. The molecule has 0 radical (unpaired) electrons. The number of anilines is 1. The van der Waals surface area contributed by atoms with E-state index in [1.807, 2.05) is 37.3 Å². The number of nitrogens with zero attached hydrogens (tertiary/aromatic N) is 3. The first-order valence-electron chi connectivity index (χ1n) is 8.50. The molecule has 0 aromatic heterocycles. The molecule has 0 aliphatic rings. The topological polar surface area (TPSA) is 111 Å². The van der Waals surface area contributed by atoms with Crippen molar-refractivity contribution in [3.05, 3.63) is 98.6 Å². The van der Waals surface area contributed by atoms with Gasteiger partial charge in [-0.1, -0.05) is 42.1 Å². The second-order valence-electron chi connectivity index (χ2n) is 5.97. The van der Waals surface area contributed by atoms with Crippen LogP contribution in [-0.2, 0) is 0 Å². The largest absolute Gasteiger partial charge is 0.290 e. The summed E-state index contributed by atoms with van der Waals surface area (Å²) in [4.78, 5) is 21.9. The van der Waals surface area contributed by atoms with Crippen molar-refractivity contribution in [1.82, 2.24) is 0 Å². The van der Waals surface area contributed by atoms with Crippen molar-refractivity contribution in [2.45, 2.75) is 16.7 Å². The monoisotopic (exact) mass is 408 g/mol. The molecular formula is C20H16N4O4S. The summed E-state index contributed by atoms with van der Waals surface area (Å²) >= 11 is 1.17. The van der Waals surface area contributed by atoms with Crippen molar-refractivity contribution in [3.8, 4) is 0 Å². The van der Waals surface area contributed by atoms with Gasteiger partial charge in [-0.2, -0.15) is 5.10 Å². The summed E-state index contributed by atoms with van der Waals surface area (Å²) < 4.78 is 0. The number of rotatable bonds is 7. The maximum absolute atomic E-state index is 11.3. The van der Waals surface area contributed by atoms with Crippen LogP contribution in [-0.4, -0.2) is 15.6 Å². The Bertz CT molecular complexity index is 1070. The van der Waals surface area contributed by atoms with Crippen molar-refractivity contribution >= 4 is 34.5 Å². The van der Waals surface area contributed by atoms with Gasteiger partial charge in [-0.05, 0) is 42.8 Å². The molecule has 0 saturated carbocycles. The van der Waals surface area contributed by atoms with E-state index < -0.39 is 9.85 Å². The second kappa shape index (κ2) is 8.98. The molecule has 9 heteroatoms. The fourth-order valence-electron chi connectivity index (χ4n) is 2.47. The van der Waals surface area contributed by atoms with E-state index in [9.17, 15) is 20.2 Å². The van der Waals surface area contributed by atoms with E-state index in [-0.39, 0.29) is 11.4 Å². The Morgan fingerprint density at radius 3 is 2.24 bits per heavy atom. The Hall–Kier alpha value is -3.72. The van der Waals surface area contributed by atoms with E-state index in [1.54, 1.807) is 24.3 Å². The summed E-state index contributed by atoms with van der Waals surface area (Å²) in [6.45, 7) is 1.90. The molecule has 29 heavy (non-hydrogen) atoms. The van der Waals surface area contributed by atoms with Crippen molar-refractivity contribution in [2.75, 3.05) is 5.43 Å². The van der Waals surface area contributed by atoms with Gasteiger partial charge in [0.05, 0.1) is 32.2 Å². The van der Waals surface area contributed by atoms with Crippen molar-refractivity contribution in [2.24, 2.45) is 5.10 Å². The summed E-state index contributed by atoms with van der Waals surface area (Å²) in [5.41, 5.74) is 4.99. The number of nitro groups is 2. The molecule has 0 amide bonds. The molecule has 0 fully saturated rings. The van der Waals surface area contributed by atoms with Crippen LogP contribution in [0, 0.1) is 20.2 Å². The van der Waals surface area contributed by atoms with Crippen LogP contribution in [0.4, 0.5) is 17.1 Å². The molecule has 0 atom stereocenters. The van der Waals surface area contributed by atoms with Crippen LogP contribution in [0.2, 0.25) is 0 Å². The number of nitrogens with one attached hydrogen (secondary N) is 1. The third-order valence-corrected chi connectivity index (χ3v) is 5.05. The Balaban J connectivity index is 1.73. The van der Waals surface area contributed by atoms with E-state index in [0.717, 1.165) is 27.9 Å². The molecule has 8 nitrogen and oxygen atoms in total. The van der Waals surface area contributed by atoms with Gasteiger partial charge in [0.2, 0.25) is 0 Å². The molecule has 1 N–H and O–H groups in total. The van der Waals surface area contributed by atoms with Gasteiger partial charge >= 0.3 is 0 Å². The second-order valence-corrected chi connectivity index (χ2v) is 7.08. The molecule has 146 valence electrons. The smallest absolute Gasteiger partial charge is 0.278 e. The predicted molar refractivity (Wildman–Crippen MR) is 113 cm³/mol. The van der Waals surface area contributed by atoms with Gasteiger partial charge in [0, 0.05) is 11.0 Å². The van der Waals surface area contributed by atoms with Crippen LogP contribution in [0.1, 0.15) is 12.5 Å². The van der Waals surface area contributed by atoms with Crippen molar-refractivity contribution in [3.63, 3.8) is 0 Å². The normalized spacial score (nSPS) is 11.1. The van der Waals surface area contributed by atoms with Gasteiger partial charge < -0.3 is 0 Å². The maximum Gasteiger partial charge on any atom is 0.290 e. The van der Waals surface area contributed by atoms with Crippen LogP contribution >= 0.6 is 11.8 Å². The standard InChI is InChI=1S/C20H16N4O4S/c1-14(15-5-3-2-4-6-15)21-22-16-7-10-18(11-8-16)29-20-12-9-17(23(25)26)13-19(20)24(27)28/h2-13,22H,1H3. The summed E-state index contributed by atoms with van der Waals surface area (Å²) in [6, 6.07) is 20.6. The zero-order valence-electron chi connectivity index (χ0n) is 15.3. The third kappa shape index (κ3) is 5.17. The maximum atomic E-state index is 11.3. The minimum Gasteiger partial charge on any atom is -0.278 e. The van der Waals surface area contributed by atoms with E-state index >= 15 is 0 Å². The Morgan fingerprint density at radius 1 is 0.931 bits per heavy atom. The molecule has 0 bridgehead atoms. The number of hydrogen-bond acceptors (Lipinski definition) is 7. The third-order valence-electron chi connectivity index (χ3n) is 3.98. The summed E-state index contributed by atoms with van der Waals surface area (Å²) in [5, 5.41) is 26.4. The highest BCUT2D eigenvalue weighted by atomic mass is 32.2. The van der Waals surface area contributed by atoms with Gasteiger partial charge in [0.15, 0.2) is 0 Å². The number of hydrogen-bond donors (Lipinski definition) is 1. The number of benzene rings is 3. The number of non-ortho nitro benzene ring substituents is 1. The lowest BCUT2D eigenvalue weighted by molar-refractivity contribution is -0.396. The molecule has 0 heterocycles. The highest BCUT2D eigenvalue weighted by Crippen LogP contribution is 2.37. The molecule has 0 unspecified atom stereocenters. The van der Waals surface area contributed by atoms with E-state index in [1.165, 1.54) is 23.9 Å². The summed E-state index contributed by atoms with van der Waals surface area (Å²) in [5.74, 6) is 0. The molecule has 0 saturated heterocycles. The van der Waals surface area contributed by atoms with E-state index in [0.29, 0.717) is 4.90 Å². The molecule has 3 aromatic rings. The first kappa shape index (κ1) is 20.0. The van der Waals surface area contributed by atoms with Crippen molar-refractivity contribution in [1.29, 1.82) is 0 Å². The molecule has 3 rings (SSSR count). The zero-order chi connectivity index (χ0) is 20.8. The van der Waals surface area contributed by atoms with E-state index in [4.69, 9.17) is 0 Å². The summed E-state index contributed by atoms with van der Waals surface area (Å²) in [6.07, 6.45) is 0. The number of hydrazone groups is 1. The highest BCUT2D eigenvalue weighted by Gasteiger charge is 2.20. The lowest BCUT2D eigenvalue weighted by atomic mass is 10.1. The first-order valence-corrected chi connectivity index (χ1v) is 9.32. The van der Waals surface area contributed by atoms with Crippen LogP contribution in [0.3, 0.4) is 0 Å². The molecule has 3 aromatic carbocycles. The minimum atomic E-state index is -0.653. The fraction of sp³-hybridized carbons (Fsp3) is 0.0500. The van der Waals surface area contributed by atoms with Gasteiger partial charge in [0.1, 0.15) is 0 Å². The average Bonchev–Trinajstić information content (AvgIpc) is 2.73. The van der Waals surface area contributed by atoms with Crippen molar-refractivity contribution < 1.29 is 9.85 Å². The average molecular weight is 408 g/mol. The first-order chi connectivity index (χ1) is 13.9. The lowest BCUT2D eigenvalue weighted by Crippen LogP contribution is -1.99. The molecule has 0 spiro atoms. The Morgan fingerprint density at radius 2 is 1.62 bits per heavy atom. The van der Waals surface area contributed by atoms with Gasteiger partial charge in [0.25, 0.3) is 11.4 Å². The Kier molecular flexibility index (Phi) is 6.20. The molecular weight excluding hydrogens is 392 g/mol. The quantitative estimate of drug-likeness (QED) is 0.314. The molecule has 0 aliphatic carbocycles.